The minimum Gasteiger partial charge on any atom is -0.330 e. The molecule has 1 aromatic carbocycles. The Bertz CT molecular complexity index is 761. The lowest BCUT2D eigenvalue weighted by Crippen LogP contribution is -2.19. The molecule has 0 atom stereocenters. The first-order valence-corrected chi connectivity index (χ1v) is 7.24. The molecule has 0 saturated carbocycles. The predicted octanol–water partition coefficient (Wildman–Crippen LogP) is 2.47. The molecule has 0 unspecified atom stereocenters. The van der Waals surface area contributed by atoms with E-state index in [9.17, 15) is 0 Å². The van der Waals surface area contributed by atoms with Crippen molar-refractivity contribution in [1.82, 2.24) is 19.6 Å². The van der Waals surface area contributed by atoms with Crippen LogP contribution in [0.25, 0.3) is 0 Å². The molecule has 2 N–H and O–H groups in total. The van der Waals surface area contributed by atoms with Gasteiger partial charge in [0.25, 0.3) is 0 Å². The highest BCUT2D eigenvalue weighted by molar-refractivity contribution is 7.80. The van der Waals surface area contributed by atoms with Crippen LogP contribution in [0.4, 0.5) is 11.5 Å². The third-order valence-corrected chi connectivity index (χ3v) is 3.24. The average Bonchev–Trinajstić information content (AvgIpc) is 3.09. The van der Waals surface area contributed by atoms with Gasteiger partial charge in [0, 0.05) is 25.5 Å². The first-order valence-electron chi connectivity index (χ1n) is 6.83. The number of aryl methyl sites for hydroxylation is 1. The summed E-state index contributed by atoms with van der Waals surface area (Å²) in [5.41, 5.74) is 2.04. The van der Waals surface area contributed by atoms with Crippen molar-refractivity contribution >= 4 is 28.8 Å². The van der Waals surface area contributed by atoms with Gasteiger partial charge in [0.1, 0.15) is 0 Å². The van der Waals surface area contributed by atoms with Crippen LogP contribution in [0.3, 0.4) is 0 Å². The number of rotatable bonds is 4. The third-order valence-electron chi connectivity index (χ3n) is 3.03. The van der Waals surface area contributed by atoms with Crippen LogP contribution in [0.5, 0.6) is 0 Å². The molecule has 0 amide bonds. The minimum absolute atomic E-state index is 0.484. The highest BCUT2D eigenvalue weighted by Gasteiger charge is 2.04. The summed E-state index contributed by atoms with van der Waals surface area (Å²) in [5.74, 6) is 0.705. The molecule has 2 aromatic heterocycles. The molecule has 0 aliphatic carbocycles. The maximum Gasteiger partial charge on any atom is 0.176 e. The molecular weight excluding hydrogens is 296 g/mol. The zero-order valence-corrected chi connectivity index (χ0v) is 12.9. The van der Waals surface area contributed by atoms with Crippen molar-refractivity contribution in [2.75, 3.05) is 10.6 Å². The molecule has 0 bridgehead atoms. The second kappa shape index (κ2) is 6.40. The molecule has 3 aromatic rings. The number of anilines is 2. The summed E-state index contributed by atoms with van der Waals surface area (Å²) in [6.07, 6.45) is 5.51. The number of nitrogens with one attached hydrogen (secondary N) is 2. The van der Waals surface area contributed by atoms with Crippen LogP contribution >= 0.6 is 12.2 Å². The van der Waals surface area contributed by atoms with Crippen molar-refractivity contribution in [1.29, 1.82) is 0 Å². The number of aromatic nitrogens is 4. The van der Waals surface area contributed by atoms with E-state index in [4.69, 9.17) is 12.2 Å². The Morgan fingerprint density at radius 2 is 2.00 bits per heavy atom. The highest BCUT2D eigenvalue weighted by Crippen LogP contribution is 2.09. The molecule has 0 radical (unpaired) electrons. The number of benzene rings is 1. The molecule has 112 valence electrons. The van der Waals surface area contributed by atoms with Crippen molar-refractivity contribution in [3.63, 3.8) is 0 Å². The smallest absolute Gasteiger partial charge is 0.176 e. The Hall–Kier alpha value is -2.67. The Kier molecular flexibility index (Phi) is 4.15. The minimum atomic E-state index is 0.484. The van der Waals surface area contributed by atoms with E-state index in [2.05, 4.69) is 33.0 Å². The highest BCUT2D eigenvalue weighted by atomic mass is 32.1. The topological polar surface area (TPSA) is 59.7 Å². The largest absolute Gasteiger partial charge is 0.330 e. The summed E-state index contributed by atoms with van der Waals surface area (Å²) in [4.78, 5) is 0. The monoisotopic (exact) mass is 312 g/mol. The van der Waals surface area contributed by atoms with Gasteiger partial charge in [0.05, 0.1) is 18.4 Å². The van der Waals surface area contributed by atoms with Gasteiger partial charge in [0.15, 0.2) is 10.9 Å². The summed E-state index contributed by atoms with van der Waals surface area (Å²) in [6.45, 7) is 0.725. The van der Waals surface area contributed by atoms with Crippen molar-refractivity contribution in [2.24, 2.45) is 7.05 Å². The fourth-order valence-corrected chi connectivity index (χ4v) is 2.27. The van der Waals surface area contributed by atoms with Crippen LogP contribution in [0.1, 0.15) is 5.56 Å². The quantitative estimate of drug-likeness (QED) is 0.725. The van der Waals surface area contributed by atoms with E-state index >= 15 is 0 Å². The zero-order valence-electron chi connectivity index (χ0n) is 12.1. The van der Waals surface area contributed by atoms with E-state index in [1.807, 2.05) is 48.4 Å². The summed E-state index contributed by atoms with van der Waals surface area (Å²) >= 11 is 5.26. The first-order chi connectivity index (χ1) is 10.7. The lowest BCUT2D eigenvalue weighted by Gasteiger charge is -2.06. The summed E-state index contributed by atoms with van der Waals surface area (Å²) < 4.78 is 3.57. The van der Waals surface area contributed by atoms with Crippen LogP contribution in [0, 0.1) is 0 Å². The number of thiocarbonyl (C=S) groups is 1. The van der Waals surface area contributed by atoms with Crippen LogP contribution < -0.4 is 10.6 Å². The van der Waals surface area contributed by atoms with Crippen molar-refractivity contribution in [3.05, 3.63) is 60.6 Å². The maximum atomic E-state index is 5.26. The third kappa shape index (κ3) is 3.70. The summed E-state index contributed by atoms with van der Waals surface area (Å²) in [5, 5.41) is 15.1. The fraction of sp³-hybridized carbons (Fsp3) is 0.133. The van der Waals surface area contributed by atoms with Crippen LogP contribution in [0.15, 0.2) is 55.0 Å². The SMILES string of the molecule is Cn1ccc(NC(=S)Nc2cnn(Cc3ccccc3)c2)n1. The Morgan fingerprint density at radius 1 is 1.18 bits per heavy atom. The molecule has 0 spiro atoms. The van der Waals surface area contributed by atoms with Gasteiger partial charge < -0.3 is 10.6 Å². The van der Waals surface area contributed by atoms with Gasteiger partial charge >= 0.3 is 0 Å². The van der Waals surface area contributed by atoms with E-state index in [0.29, 0.717) is 10.9 Å². The number of nitrogens with zero attached hydrogens (tertiary/aromatic N) is 4. The lowest BCUT2D eigenvalue weighted by atomic mass is 10.2. The number of hydrogen-bond donors (Lipinski definition) is 2. The number of hydrogen-bond acceptors (Lipinski definition) is 3. The molecule has 0 saturated heterocycles. The van der Waals surface area contributed by atoms with Gasteiger partial charge in [-0.25, -0.2) is 0 Å². The molecule has 22 heavy (non-hydrogen) atoms. The molecule has 0 aliphatic heterocycles. The second-order valence-corrected chi connectivity index (χ2v) is 5.27. The van der Waals surface area contributed by atoms with Crippen LogP contribution in [-0.2, 0) is 13.6 Å². The van der Waals surface area contributed by atoms with Gasteiger partial charge in [-0.15, -0.1) is 0 Å². The van der Waals surface area contributed by atoms with Gasteiger partial charge in [-0.05, 0) is 17.8 Å². The van der Waals surface area contributed by atoms with Crippen molar-refractivity contribution in [3.8, 4) is 0 Å². The fourth-order valence-electron chi connectivity index (χ4n) is 2.05. The van der Waals surface area contributed by atoms with Crippen molar-refractivity contribution < 1.29 is 0 Å². The van der Waals surface area contributed by atoms with Crippen LogP contribution in [0.2, 0.25) is 0 Å². The van der Waals surface area contributed by atoms with E-state index < -0.39 is 0 Å². The summed E-state index contributed by atoms with van der Waals surface area (Å²) in [7, 11) is 1.86. The molecule has 6 nitrogen and oxygen atoms in total. The maximum absolute atomic E-state index is 5.26. The predicted molar refractivity (Wildman–Crippen MR) is 90.8 cm³/mol. The van der Waals surface area contributed by atoms with Gasteiger partial charge in [-0.2, -0.15) is 10.2 Å². The average molecular weight is 312 g/mol. The molecule has 0 aliphatic rings. The Balaban J connectivity index is 1.58. The Morgan fingerprint density at radius 3 is 2.73 bits per heavy atom. The lowest BCUT2D eigenvalue weighted by molar-refractivity contribution is 0.687. The molecule has 0 fully saturated rings. The van der Waals surface area contributed by atoms with Crippen molar-refractivity contribution in [2.45, 2.75) is 6.54 Å². The zero-order chi connectivity index (χ0) is 15.4. The Labute approximate surface area is 133 Å². The second-order valence-electron chi connectivity index (χ2n) is 4.87. The van der Waals surface area contributed by atoms with E-state index in [-0.39, 0.29) is 0 Å². The van der Waals surface area contributed by atoms with Gasteiger partial charge in [0.2, 0.25) is 0 Å². The first kappa shape index (κ1) is 14.3. The van der Waals surface area contributed by atoms with Gasteiger partial charge in [-0.1, -0.05) is 30.3 Å². The summed E-state index contributed by atoms with van der Waals surface area (Å²) in [6, 6.07) is 12.0. The molecule has 2 heterocycles. The van der Waals surface area contributed by atoms with E-state index in [1.165, 1.54) is 5.56 Å². The normalized spacial score (nSPS) is 10.4. The van der Waals surface area contributed by atoms with Crippen LogP contribution in [-0.4, -0.2) is 24.7 Å². The molecule has 7 heteroatoms. The van der Waals surface area contributed by atoms with E-state index in [1.54, 1.807) is 10.9 Å². The molecule has 3 rings (SSSR count). The van der Waals surface area contributed by atoms with E-state index in [0.717, 1.165) is 12.2 Å². The van der Waals surface area contributed by atoms with Gasteiger partial charge in [-0.3, -0.25) is 9.36 Å². The molecular formula is C15H16N6S. The standard InChI is InChI=1S/C15H16N6S/c1-20-8-7-14(19-20)18-15(22)17-13-9-16-21(11-13)10-12-5-3-2-4-6-12/h2-9,11H,10H2,1H3,(H2,17,18,19,22).